The molecule has 0 saturated heterocycles. The van der Waals surface area contributed by atoms with Crippen molar-refractivity contribution in [3.8, 4) is 12.3 Å². The fraction of sp³-hybridized carbons (Fsp3) is 0.727. The Bertz CT molecular complexity index is 547. The van der Waals surface area contributed by atoms with E-state index in [0.717, 1.165) is 32.1 Å². The number of unbranched alkanes of at least 4 members (excludes halogenated alkanes) is 3. The fourth-order valence-corrected chi connectivity index (χ4v) is 3.78. The lowest BCUT2D eigenvalue weighted by molar-refractivity contribution is -0.122. The van der Waals surface area contributed by atoms with Crippen molar-refractivity contribution in [1.82, 2.24) is 0 Å². The summed E-state index contributed by atoms with van der Waals surface area (Å²) >= 11 is 0. The molecule has 152 valence electrons. The van der Waals surface area contributed by atoms with Gasteiger partial charge in [-0.25, -0.2) is 0 Å². The van der Waals surface area contributed by atoms with E-state index in [-0.39, 0.29) is 29.8 Å². The number of terminal acetylenes is 1. The molecule has 5 heteroatoms. The molecule has 1 unspecified atom stereocenters. The lowest BCUT2D eigenvalue weighted by Crippen LogP contribution is -2.25. The Kier molecular flexibility index (Phi) is 10.5. The number of aliphatic hydroxyl groups excluding tert-OH is 2. The average molecular weight is 379 g/mol. The van der Waals surface area contributed by atoms with Crippen molar-refractivity contribution in [3.63, 3.8) is 0 Å². The Morgan fingerprint density at radius 2 is 2.04 bits per heavy atom. The van der Waals surface area contributed by atoms with Crippen LogP contribution in [0, 0.1) is 24.2 Å². The standard InChI is InChI=1S/C22H34O5/c1-3-13-22(27,4-2)14-9-12-19-18(20(25)15-21(19)26)11-8-6-5-7-10-17(24)16-23/h2,9,12,18-19,21,23,26-27H,3,5-8,10-11,13-16H2,1H3/t18-,19-,21-,22?/m1/s1. The highest BCUT2D eigenvalue weighted by Crippen LogP contribution is 2.34. The Morgan fingerprint density at radius 3 is 2.67 bits per heavy atom. The van der Waals surface area contributed by atoms with E-state index in [1.807, 2.05) is 13.0 Å². The highest BCUT2D eigenvalue weighted by atomic mass is 16.3. The summed E-state index contributed by atoms with van der Waals surface area (Å²) in [6.07, 6.45) is 14.7. The van der Waals surface area contributed by atoms with Crippen molar-refractivity contribution in [3.05, 3.63) is 12.2 Å². The van der Waals surface area contributed by atoms with Gasteiger partial charge in [0, 0.05) is 31.1 Å². The van der Waals surface area contributed by atoms with Crippen molar-refractivity contribution >= 4 is 11.6 Å². The molecule has 0 aromatic heterocycles. The minimum Gasteiger partial charge on any atom is -0.392 e. The second kappa shape index (κ2) is 12.1. The van der Waals surface area contributed by atoms with Crippen LogP contribution in [0.15, 0.2) is 12.2 Å². The van der Waals surface area contributed by atoms with Crippen LogP contribution in [0.1, 0.15) is 71.1 Å². The predicted octanol–water partition coefficient (Wildman–Crippen LogP) is 2.57. The minimum atomic E-state index is -1.17. The highest BCUT2D eigenvalue weighted by Gasteiger charge is 2.39. The lowest BCUT2D eigenvalue weighted by atomic mass is 9.87. The quantitative estimate of drug-likeness (QED) is 0.260. The summed E-state index contributed by atoms with van der Waals surface area (Å²) in [6, 6.07) is 0. The SMILES string of the molecule is C#CC(O)(CC=C[C@H]1[C@H](O)CC(=O)[C@@H]1CCCCCCC(=O)CO)CCC. The van der Waals surface area contributed by atoms with Crippen LogP contribution in [0.2, 0.25) is 0 Å². The van der Waals surface area contributed by atoms with Crippen LogP contribution in [-0.2, 0) is 9.59 Å². The van der Waals surface area contributed by atoms with E-state index < -0.39 is 18.3 Å². The van der Waals surface area contributed by atoms with Gasteiger partial charge < -0.3 is 15.3 Å². The molecule has 1 rings (SSSR count). The number of Topliss-reactive ketones (excluding diaryl/α,β-unsaturated/α-hetero) is 2. The van der Waals surface area contributed by atoms with E-state index >= 15 is 0 Å². The zero-order chi connectivity index (χ0) is 20.3. The van der Waals surface area contributed by atoms with Gasteiger partial charge in [0.1, 0.15) is 18.0 Å². The van der Waals surface area contributed by atoms with Gasteiger partial charge in [0.15, 0.2) is 5.78 Å². The number of rotatable bonds is 13. The fourth-order valence-electron chi connectivity index (χ4n) is 3.78. The number of carbonyl (C=O) groups is 2. The molecular weight excluding hydrogens is 344 g/mol. The predicted molar refractivity (Wildman–Crippen MR) is 105 cm³/mol. The van der Waals surface area contributed by atoms with Crippen molar-refractivity contribution in [2.24, 2.45) is 11.8 Å². The van der Waals surface area contributed by atoms with Gasteiger partial charge in [-0.05, 0) is 19.3 Å². The molecule has 5 nitrogen and oxygen atoms in total. The first-order chi connectivity index (χ1) is 12.9. The Hall–Kier alpha value is -1.48. The van der Waals surface area contributed by atoms with Crippen molar-refractivity contribution < 1.29 is 24.9 Å². The molecule has 0 aliphatic heterocycles. The molecule has 0 heterocycles. The molecule has 0 aromatic carbocycles. The zero-order valence-electron chi connectivity index (χ0n) is 16.4. The minimum absolute atomic E-state index is 0.0911. The van der Waals surface area contributed by atoms with Crippen LogP contribution in [0.5, 0.6) is 0 Å². The molecule has 1 fully saturated rings. The van der Waals surface area contributed by atoms with E-state index in [2.05, 4.69) is 5.92 Å². The van der Waals surface area contributed by atoms with Crippen molar-refractivity contribution in [2.75, 3.05) is 6.61 Å². The largest absolute Gasteiger partial charge is 0.392 e. The first-order valence-corrected chi connectivity index (χ1v) is 10.1. The molecule has 0 bridgehead atoms. The molecule has 27 heavy (non-hydrogen) atoms. The number of ketones is 2. The second-order valence-electron chi connectivity index (χ2n) is 7.63. The number of hydrogen-bond acceptors (Lipinski definition) is 5. The lowest BCUT2D eigenvalue weighted by Gasteiger charge is -2.21. The normalized spacial score (nSPS) is 24.9. The van der Waals surface area contributed by atoms with Crippen molar-refractivity contribution in [2.45, 2.75) is 82.8 Å². The van der Waals surface area contributed by atoms with Gasteiger partial charge in [-0.2, -0.15) is 0 Å². The van der Waals surface area contributed by atoms with Gasteiger partial charge in [0.25, 0.3) is 0 Å². The third-order valence-corrected chi connectivity index (χ3v) is 5.38. The van der Waals surface area contributed by atoms with Gasteiger partial charge in [-0.15, -0.1) is 6.42 Å². The smallest absolute Gasteiger partial charge is 0.158 e. The molecule has 0 amide bonds. The molecule has 0 aromatic rings. The summed E-state index contributed by atoms with van der Waals surface area (Å²) < 4.78 is 0. The van der Waals surface area contributed by atoms with Gasteiger partial charge in [0.2, 0.25) is 0 Å². The third kappa shape index (κ3) is 7.96. The summed E-state index contributed by atoms with van der Waals surface area (Å²) in [5, 5.41) is 29.2. The maximum Gasteiger partial charge on any atom is 0.158 e. The molecular formula is C22H34O5. The topological polar surface area (TPSA) is 94.8 Å². The molecule has 4 atom stereocenters. The van der Waals surface area contributed by atoms with Crippen LogP contribution < -0.4 is 0 Å². The van der Waals surface area contributed by atoms with Crippen LogP contribution in [0.3, 0.4) is 0 Å². The molecule has 0 radical (unpaired) electrons. The second-order valence-corrected chi connectivity index (χ2v) is 7.63. The van der Waals surface area contributed by atoms with Crippen LogP contribution in [0.4, 0.5) is 0 Å². The monoisotopic (exact) mass is 378 g/mol. The molecule has 0 spiro atoms. The number of carbonyl (C=O) groups excluding carboxylic acids is 2. The van der Waals surface area contributed by atoms with E-state index in [1.54, 1.807) is 6.08 Å². The summed E-state index contributed by atoms with van der Waals surface area (Å²) in [5.41, 5.74) is -1.17. The molecule has 1 saturated carbocycles. The molecule has 3 N–H and O–H groups in total. The first-order valence-electron chi connectivity index (χ1n) is 10.1. The van der Waals surface area contributed by atoms with Crippen LogP contribution in [-0.4, -0.2) is 45.2 Å². The average Bonchev–Trinajstić information content (AvgIpc) is 2.91. The van der Waals surface area contributed by atoms with Gasteiger partial charge in [-0.3, -0.25) is 9.59 Å². The van der Waals surface area contributed by atoms with E-state index in [0.29, 0.717) is 25.7 Å². The van der Waals surface area contributed by atoms with E-state index in [4.69, 9.17) is 11.5 Å². The number of hydrogen-bond donors (Lipinski definition) is 3. The van der Waals surface area contributed by atoms with E-state index in [1.165, 1.54) is 0 Å². The van der Waals surface area contributed by atoms with E-state index in [9.17, 15) is 19.8 Å². The maximum absolute atomic E-state index is 12.2. The van der Waals surface area contributed by atoms with Crippen LogP contribution >= 0.6 is 0 Å². The summed E-state index contributed by atoms with van der Waals surface area (Å²) in [6.45, 7) is 1.57. The first kappa shape index (κ1) is 23.6. The highest BCUT2D eigenvalue weighted by molar-refractivity contribution is 5.84. The summed E-state index contributed by atoms with van der Waals surface area (Å²) in [7, 11) is 0. The summed E-state index contributed by atoms with van der Waals surface area (Å²) in [4.78, 5) is 23.3. The van der Waals surface area contributed by atoms with Crippen molar-refractivity contribution in [1.29, 1.82) is 0 Å². The molecule has 1 aliphatic carbocycles. The zero-order valence-corrected chi connectivity index (χ0v) is 16.4. The summed E-state index contributed by atoms with van der Waals surface area (Å²) in [5.74, 6) is 1.97. The molecule has 1 aliphatic rings. The van der Waals surface area contributed by atoms with Gasteiger partial charge >= 0.3 is 0 Å². The third-order valence-electron chi connectivity index (χ3n) is 5.38. The number of aliphatic hydroxyl groups is 3. The Balaban J connectivity index is 2.48. The Labute approximate surface area is 162 Å². The Morgan fingerprint density at radius 1 is 1.33 bits per heavy atom. The van der Waals surface area contributed by atoms with Crippen LogP contribution in [0.25, 0.3) is 0 Å². The van der Waals surface area contributed by atoms with Gasteiger partial charge in [-0.1, -0.05) is 50.7 Å². The van der Waals surface area contributed by atoms with Gasteiger partial charge in [0.05, 0.1) is 6.10 Å². The maximum atomic E-state index is 12.2.